The standard InChI is InChI=1S/C20H22N4O5S2/c1-30(26,27)24-12-4-5-16(13-24)22-20(25)14-8-10-15(11-9-14)21-19-17-6-2-3-7-18(17)31(28,29)23-19/h2-3,6-11,16H,4-5,12-13H2,1H3,(H,21,23)(H,22,25). The van der Waals surface area contributed by atoms with Crippen molar-refractivity contribution < 1.29 is 21.6 Å². The Morgan fingerprint density at radius 3 is 2.55 bits per heavy atom. The molecule has 1 unspecified atom stereocenters. The van der Waals surface area contributed by atoms with Crippen molar-refractivity contribution in [3.63, 3.8) is 0 Å². The van der Waals surface area contributed by atoms with Gasteiger partial charge in [-0.3, -0.25) is 4.79 Å². The zero-order valence-electron chi connectivity index (χ0n) is 16.8. The van der Waals surface area contributed by atoms with E-state index < -0.39 is 20.0 Å². The Morgan fingerprint density at radius 2 is 1.84 bits per heavy atom. The maximum atomic E-state index is 12.6. The largest absolute Gasteiger partial charge is 0.348 e. The highest BCUT2D eigenvalue weighted by Gasteiger charge is 2.29. The molecule has 164 valence electrons. The van der Waals surface area contributed by atoms with Crippen molar-refractivity contribution in [1.82, 2.24) is 9.62 Å². The molecular formula is C20H22N4O5S2. The summed E-state index contributed by atoms with van der Waals surface area (Å²) in [5.74, 6) is -0.0612. The first-order valence-corrected chi connectivity index (χ1v) is 13.0. The van der Waals surface area contributed by atoms with Crippen molar-refractivity contribution >= 4 is 37.5 Å². The van der Waals surface area contributed by atoms with Crippen LogP contribution in [0.2, 0.25) is 0 Å². The van der Waals surface area contributed by atoms with Gasteiger partial charge in [0.15, 0.2) is 5.84 Å². The summed E-state index contributed by atoms with van der Waals surface area (Å²) >= 11 is 0. The van der Waals surface area contributed by atoms with E-state index in [1.165, 1.54) is 16.6 Å². The van der Waals surface area contributed by atoms with E-state index in [0.29, 0.717) is 36.2 Å². The molecule has 0 bridgehead atoms. The van der Waals surface area contributed by atoms with E-state index in [2.05, 4.69) is 15.0 Å². The van der Waals surface area contributed by atoms with Crippen LogP contribution < -0.4 is 10.6 Å². The summed E-state index contributed by atoms with van der Waals surface area (Å²) < 4.78 is 53.0. The number of anilines is 1. The quantitative estimate of drug-likeness (QED) is 0.708. The van der Waals surface area contributed by atoms with Gasteiger partial charge in [0.1, 0.15) is 4.90 Å². The van der Waals surface area contributed by atoms with Crippen molar-refractivity contribution in [2.45, 2.75) is 23.8 Å². The topological polar surface area (TPSA) is 125 Å². The van der Waals surface area contributed by atoms with E-state index in [1.54, 1.807) is 42.5 Å². The lowest BCUT2D eigenvalue weighted by Crippen LogP contribution is -2.49. The van der Waals surface area contributed by atoms with E-state index in [9.17, 15) is 21.6 Å². The number of amides is 1. The summed E-state index contributed by atoms with van der Waals surface area (Å²) in [7, 11) is -7.00. The van der Waals surface area contributed by atoms with Crippen LogP contribution in [0.1, 0.15) is 28.8 Å². The van der Waals surface area contributed by atoms with Crippen LogP contribution in [0.5, 0.6) is 0 Å². The van der Waals surface area contributed by atoms with Gasteiger partial charge in [-0.2, -0.15) is 8.42 Å². The fourth-order valence-corrected chi connectivity index (χ4v) is 5.76. The molecule has 4 rings (SSSR count). The molecule has 2 aliphatic heterocycles. The van der Waals surface area contributed by atoms with Crippen molar-refractivity contribution in [3.8, 4) is 0 Å². The smallest absolute Gasteiger partial charge is 0.285 e. The van der Waals surface area contributed by atoms with Gasteiger partial charge in [-0.05, 0) is 49.2 Å². The monoisotopic (exact) mass is 462 g/mol. The first-order chi connectivity index (χ1) is 14.6. The van der Waals surface area contributed by atoms with Crippen LogP contribution in [-0.2, 0) is 20.0 Å². The number of nitrogens with zero attached hydrogens (tertiary/aromatic N) is 2. The molecular weight excluding hydrogens is 440 g/mol. The van der Waals surface area contributed by atoms with E-state index in [1.807, 2.05) is 0 Å². The Hall–Kier alpha value is -2.76. The number of nitrogens with one attached hydrogen (secondary N) is 2. The summed E-state index contributed by atoms with van der Waals surface area (Å²) in [6.45, 7) is 0.728. The Kier molecular flexibility index (Phi) is 5.58. The Labute approximate surface area is 181 Å². The zero-order valence-corrected chi connectivity index (χ0v) is 18.4. The Morgan fingerprint density at radius 1 is 1.13 bits per heavy atom. The number of hydrogen-bond acceptors (Lipinski definition) is 6. The molecule has 2 heterocycles. The first kappa shape index (κ1) is 21.5. The van der Waals surface area contributed by atoms with Crippen LogP contribution in [0, 0.1) is 0 Å². The molecule has 1 atom stereocenters. The number of rotatable bonds is 4. The molecule has 11 heteroatoms. The second kappa shape index (κ2) is 8.06. The van der Waals surface area contributed by atoms with Gasteiger partial charge in [-0.15, -0.1) is 4.40 Å². The van der Waals surface area contributed by atoms with Crippen LogP contribution in [0.4, 0.5) is 5.69 Å². The highest BCUT2D eigenvalue weighted by molar-refractivity contribution is 7.90. The highest BCUT2D eigenvalue weighted by Crippen LogP contribution is 2.26. The predicted octanol–water partition coefficient (Wildman–Crippen LogP) is 1.40. The molecule has 0 spiro atoms. The van der Waals surface area contributed by atoms with Gasteiger partial charge in [0.05, 0.1) is 6.26 Å². The van der Waals surface area contributed by atoms with Crippen molar-refractivity contribution in [2.24, 2.45) is 4.40 Å². The van der Waals surface area contributed by atoms with Gasteiger partial charge in [0.2, 0.25) is 10.0 Å². The predicted molar refractivity (Wildman–Crippen MR) is 117 cm³/mol. The number of carbonyl (C=O) groups is 1. The number of hydrogen-bond donors (Lipinski definition) is 2. The Bertz CT molecular complexity index is 1250. The third-order valence-electron chi connectivity index (χ3n) is 5.23. The lowest BCUT2D eigenvalue weighted by molar-refractivity contribution is 0.0921. The molecule has 0 aliphatic carbocycles. The third kappa shape index (κ3) is 4.63. The second-order valence-corrected chi connectivity index (χ2v) is 11.1. The number of fused-ring (bicyclic) bond motifs is 1. The van der Waals surface area contributed by atoms with Crippen LogP contribution in [0.3, 0.4) is 0 Å². The van der Waals surface area contributed by atoms with Gasteiger partial charge in [0, 0.05) is 35.9 Å². The first-order valence-electron chi connectivity index (χ1n) is 9.71. The van der Waals surface area contributed by atoms with Gasteiger partial charge in [-0.1, -0.05) is 12.1 Å². The van der Waals surface area contributed by atoms with Crippen LogP contribution in [-0.4, -0.2) is 58.3 Å². The van der Waals surface area contributed by atoms with Gasteiger partial charge in [0.25, 0.3) is 15.9 Å². The molecule has 1 fully saturated rings. The Balaban J connectivity index is 1.43. The maximum absolute atomic E-state index is 12.6. The second-order valence-electron chi connectivity index (χ2n) is 7.55. The number of carbonyl (C=O) groups excluding carboxylic acids is 1. The van der Waals surface area contributed by atoms with E-state index in [-0.39, 0.29) is 29.2 Å². The normalized spacial score (nSPS) is 20.5. The minimum atomic E-state index is -3.71. The third-order valence-corrected chi connectivity index (χ3v) is 7.83. The van der Waals surface area contributed by atoms with Crippen LogP contribution in [0.25, 0.3) is 0 Å². The number of piperidine rings is 1. The fraction of sp³-hybridized carbons (Fsp3) is 0.300. The average Bonchev–Trinajstić information content (AvgIpc) is 2.98. The molecule has 2 aromatic rings. The lowest BCUT2D eigenvalue weighted by Gasteiger charge is -2.31. The maximum Gasteiger partial charge on any atom is 0.285 e. The van der Waals surface area contributed by atoms with Crippen LogP contribution >= 0.6 is 0 Å². The number of amidine groups is 1. The fourth-order valence-electron chi connectivity index (χ4n) is 3.67. The minimum absolute atomic E-state index is 0.157. The SMILES string of the molecule is CS(=O)(=O)N1CCCC(NC(=O)c2ccc(NC3=NS(=O)(=O)c4ccccc43)cc2)C1. The van der Waals surface area contributed by atoms with E-state index in [4.69, 9.17) is 0 Å². The summed E-state index contributed by atoms with van der Waals surface area (Å²) in [5, 5.41) is 5.87. The van der Waals surface area contributed by atoms with Gasteiger partial charge in [-0.25, -0.2) is 12.7 Å². The number of benzene rings is 2. The van der Waals surface area contributed by atoms with Gasteiger partial charge < -0.3 is 10.6 Å². The molecule has 31 heavy (non-hydrogen) atoms. The molecule has 2 aliphatic rings. The molecule has 0 saturated carbocycles. The summed E-state index contributed by atoms with van der Waals surface area (Å²) in [6.07, 6.45) is 2.57. The molecule has 9 nitrogen and oxygen atoms in total. The highest BCUT2D eigenvalue weighted by atomic mass is 32.2. The van der Waals surface area contributed by atoms with Crippen molar-refractivity contribution in [1.29, 1.82) is 0 Å². The van der Waals surface area contributed by atoms with Crippen LogP contribution in [0.15, 0.2) is 57.8 Å². The zero-order chi connectivity index (χ0) is 22.2. The van der Waals surface area contributed by atoms with E-state index in [0.717, 1.165) is 0 Å². The summed E-state index contributed by atoms with van der Waals surface area (Å²) in [6, 6.07) is 12.9. The molecule has 0 aromatic heterocycles. The van der Waals surface area contributed by atoms with Gasteiger partial charge >= 0.3 is 0 Å². The summed E-state index contributed by atoms with van der Waals surface area (Å²) in [5.41, 5.74) is 1.50. The number of sulfonamides is 2. The lowest BCUT2D eigenvalue weighted by atomic mass is 10.1. The average molecular weight is 463 g/mol. The molecule has 1 saturated heterocycles. The molecule has 2 aromatic carbocycles. The molecule has 2 N–H and O–H groups in total. The minimum Gasteiger partial charge on any atom is -0.348 e. The van der Waals surface area contributed by atoms with E-state index >= 15 is 0 Å². The van der Waals surface area contributed by atoms with Crippen molar-refractivity contribution in [2.75, 3.05) is 24.7 Å². The summed E-state index contributed by atoms with van der Waals surface area (Å²) in [4.78, 5) is 12.7. The molecule has 0 radical (unpaired) electrons. The molecule has 1 amide bonds. The van der Waals surface area contributed by atoms with Crippen molar-refractivity contribution in [3.05, 3.63) is 59.7 Å².